The lowest BCUT2D eigenvalue weighted by Gasteiger charge is -2.04. The van der Waals surface area contributed by atoms with Crippen LogP contribution in [0.4, 0.5) is 0 Å². The van der Waals surface area contributed by atoms with E-state index in [9.17, 15) is 4.79 Å². The number of nitrogens with one attached hydrogen (secondary N) is 2. The van der Waals surface area contributed by atoms with E-state index in [2.05, 4.69) is 15.3 Å². The summed E-state index contributed by atoms with van der Waals surface area (Å²) >= 11 is 9.02. The first-order chi connectivity index (χ1) is 9.74. The highest BCUT2D eigenvalue weighted by Crippen LogP contribution is 2.24. The molecule has 0 aliphatic rings. The van der Waals surface area contributed by atoms with Crippen LogP contribution in [0.15, 0.2) is 24.5 Å². The fourth-order valence-corrected chi connectivity index (χ4v) is 3.70. The van der Waals surface area contributed by atoms with Gasteiger partial charge < -0.3 is 10.3 Å². The standard InChI is InChI=1S/C13H16ClN3OS2/c14-11-4-3-10(20-11)8-19-9-13(18)17-5-1-2-12-15-6-7-16-12/h3-4,6-7H,1-2,5,8-9H2,(H,15,16)(H,17,18). The van der Waals surface area contributed by atoms with E-state index >= 15 is 0 Å². The van der Waals surface area contributed by atoms with Crippen LogP contribution in [-0.2, 0) is 17.0 Å². The van der Waals surface area contributed by atoms with Gasteiger partial charge in [-0.25, -0.2) is 4.98 Å². The largest absolute Gasteiger partial charge is 0.355 e. The second-order valence-corrected chi connectivity index (χ2v) is 6.97. The number of hydrogen-bond donors (Lipinski definition) is 2. The maximum absolute atomic E-state index is 11.6. The Kier molecular flexibility index (Phi) is 6.42. The summed E-state index contributed by atoms with van der Waals surface area (Å²) in [6.07, 6.45) is 5.29. The highest BCUT2D eigenvalue weighted by Gasteiger charge is 2.03. The molecular formula is C13H16ClN3OS2. The third-order valence-corrected chi connectivity index (χ3v) is 4.97. The van der Waals surface area contributed by atoms with Crippen molar-refractivity contribution in [2.24, 2.45) is 0 Å². The Hall–Kier alpha value is -0.980. The number of aromatic nitrogens is 2. The van der Waals surface area contributed by atoms with Crippen molar-refractivity contribution in [3.05, 3.63) is 39.6 Å². The molecule has 0 saturated heterocycles. The first-order valence-electron chi connectivity index (χ1n) is 6.31. The molecule has 0 unspecified atom stereocenters. The van der Waals surface area contributed by atoms with Crippen molar-refractivity contribution in [1.82, 2.24) is 15.3 Å². The van der Waals surface area contributed by atoms with E-state index < -0.39 is 0 Å². The number of carbonyl (C=O) groups excluding carboxylic acids is 1. The molecule has 0 aromatic carbocycles. The Morgan fingerprint density at radius 2 is 2.40 bits per heavy atom. The number of hydrogen-bond acceptors (Lipinski definition) is 4. The summed E-state index contributed by atoms with van der Waals surface area (Å²) in [6, 6.07) is 3.89. The van der Waals surface area contributed by atoms with Gasteiger partial charge in [-0.1, -0.05) is 11.6 Å². The summed E-state index contributed by atoms with van der Waals surface area (Å²) in [7, 11) is 0. The Morgan fingerprint density at radius 1 is 1.50 bits per heavy atom. The predicted octanol–water partition coefficient (Wildman–Crippen LogP) is 3.11. The van der Waals surface area contributed by atoms with Crippen LogP contribution >= 0.6 is 34.7 Å². The molecule has 108 valence electrons. The van der Waals surface area contributed by atoms with Crippen LogP contribution in [0.25, 0.3) is 0 Å². The van der Waals surface area contributed by atoms with Crippen LogP contribution in [0.3, 0.4) is 0 Å². The number of H-pyrrole nitrogens is 1. The lowest BCUT2D eigenvalue weighted by molar-refractivity contribution is -0.118. The number of nitrogens with zero attached hydrogens (tertiary/aromatic N) is 1. The van der Waals surface area contributed by atoms with E-state index in [0.29, 0.717) is 12.3 Å². The molecule has 0 spiro atoms. The Morgan fingerprint density at radius 3 is 3.10 bits per heavy atom. The highest BCUT2D eigenvalue weighted by atomic mass is 35.5. The van der Waals surface area contributed by atoms with E-state index in [4.69, 9.17) is 11.6 Å². The van der Waals surface area contributed by atoms with Gasteiger partial charge in [-0.15, -0.1) is 23.1 Å². The number of thioether (sulfide) groups is 1. The topological polar surface area (TPSA) is 57.8 Å². The molecule has 4 nitrogen and oxygen atoms in total. The second kappa shape index (κ2) is 8.34. The minimum atomic E-state index is 0.0806. The molecular weight excluding hydrogens is 314 g/mol. The number of carbonyl (C=O) groups is 1. The van der Waals surface area contributed by atoms with E-state index in [1.165, 1.54) is 4.88 Å². The quantitative estimate of drug-likeness (QED) is 0.732. The molecule has 0 aliphatic carbocycles. The average Bonchev–Trinajstić information content (AvgIpc) is 3.06. The molecule has 2 rings (SSSR count). The van der Waals surface area contributed by atoms with E-state index in [0.717, 1.165) is 28.8 Å². The Labute approximate surface area is 131 Å². The molecule has 20 heavy (non-hydrogen) atoms. The van der Waals surface area contributed by atoms with Crippen molar-refractivity contribution in [3.8, 4) is 0 Å². The van der Waals surface area contributed by atoms with Crippen molar-refractivity contribution in [1.29, 1.82) is 0 Å². The third-order valence-electron chi connectivity index (χ3n) is 2.57. The maximum atomic E-state index is 11.6. The van der Waals surface area contributed by atoms with Gasteiger partial charge in [0.15, 0.2) is 0 Å². The first kappa shape index (κ1) is 15.4. The number of imidazole rings is 1. The van der Waals surface area contributed by atoms with Gasteiger partial charge in [-0.3, -0.25) is 4.79 Å². The number of halogens is 1. The van der Waals surface area contributed by atoms with Crippen molar-refractivity contribution < 1.29 is 4.79 Å². The average molecular weight is 330 g/mol. The van der Waals surface area contributed by atoms with Crippen LogP contribution < -0.4 is 5.32 Å². The summed E-state index contributed by atoms with van der Waals surface area (Å²) in [4.78, 5) is 20.0. The van der Waals surface area contributed by atoms with Crippen molar-refractivity contribution in [2.75, 3.05) is 12.3 Å². The van der Waals surface area contributed by atoms with Gasteiger partial charge >= 0.3 is 0 Å². The number of rotatable bonds is 8. The fourth-order valence-electron chi connectivity index (χ4n) is 1.64. The van der Waals surface area contributed by atoms with Crippen molar-refractivity contribution in [3.63, 3.8) is 0 Å². The molecule has 0 aliphatic heterocycles. The Bertz CT molecular complexity index is 527. The Balaban J connectivity index is 1.52. The van der Waals surface area contributed by atoms with Gasteiger partial charge in [-0.05, 0) is 18.6 Å². The van der Waals surface area contributed by atoms with Crippen LogP contribution in [0.5, 0.6) is 0 Å². The van der Waals surface area contributed by atoms with Crippen LogP contribution in [0.1, 0.15) is 17.1 Å². The van der Waals surface area contributed by atoms with Crippen molar-refractivity contribution in [2.45, 2.75) is 18.6 Å². The van der Waals surface area contributed by atoms with Crippen LogP contribution in [0.2, 0.25) is 4.34 Å². The second-order valence-electron chi connectivity index (χ2n) is 4.19. The zero-order valence-corrected chi connectivity index (χ0v) is 13.3. The molecule has 2 N–H and O–H groups in total. The lowest BCUT2D eigenvalue weighted by Crippen LogP contribution is -2.26. The summed E-state index contributed by atoms with van der Waals surface area (Å²) in [5, 5.41) is 2.91. The molecule has 2 aromatic heterocycles. The van der Waals surface area contributed by atoms with Crippen LogP contribution in [0, 0.1) is 0 Å². The number of amides is 1. The third kappa shape index (κ3) is 5.56. The zero-order valence-electron chi connectivity index (χ0n) is 10.9. The van der Waals surface area contributed by atoms with Gasteiger partial charge in [0.05, 0.1) is 10.1 Å². The summed E-state index contributed by atoms with van der Waals surface area (Å²) in [5.41, 5.74) is 0. The molecule has 0 atom stereocenters. The van der Waals surface area contributed by atoms with Crippen molar-refractivity contribution >= 4 is 40.6 Å². The van der Waals surface area contributed by atoms with Gasteiger partial charge in [0.25, 0.3) is 0 Å². The minimum Gasteiger partial charge on any atom is -0.355 e. The first-order valence-corrected chi connectivity index (χ1v) is 8.66. The summed E-state index contributed by atoms with van der Waals surface area (Å²) in [6.45, 7) is 0.685. The molecule has 0 radical (unpaired) electrons. The predicted molar refractivity (Wildman–Crippen MR) is 85.4 cm³/mol. The number of aryl methyl sites for hydroxylation is 1. The molecule has 0 fully saturated rings. The van der Waals surface area contributed by atoms with Gasteiger partial charge in [0.1, 0.15) is 5.82 Å². The summed E-state index contributed by atoms with van der Waals surface area (Å²) < 4.78 is 0.794. The van der Waals surface area contributed by atoms with E-state index in [-0.39, 0.29) is 5.91 Å². The molecule has 2 aromatic rings. The lowest BCUT2D eigenvalue weighted by atomic mass is 10.3. The fraction of sp³-hybridized carbons (Fsp3) is 0.385. The molecule has 1 amide bonds. The van der Waals surface area contributed by atoms with E-state index in [1.54, 1.807) is 35.5 Å². The number of thiophene rings is 1. The number of aromatic amines is 1. The smallest absolute Gasteiger partial charge is 0.230 e. The minimum absolute atomic E-state index is 0.0806. The monoisotopic (exact) mass is 329 g/mol. The normalized spacial score (nSPS) is 10.7. The van der Waals surface area contributed by atoms with E-state index in [1.807, 2.05) is 12.1 Å². The van der Waals surface area contributed by atoms with Gasteiger partial charge in [-0.2, -0.15) is 0 Å². The molecule has 7 heteroatoms. The molecule has 0 bridgehead atoms. The van der Waals surface area contributed by atoms with Gasteiger partial charge in [0.2, 0.25) is 5.91 Å². The molecule has 0 saturated carbocycles. The van der Waals surface area contributed by atoms with Crippen LogP contribution in [-0.4, -0.2) is 28.2 Å². The zero-order chi connectivity index (χ0) is 14.2. The maximum Gasteiger partial charge on any atom is 0.230 e. The van der Waals surface area contributed by atoms with Gasteiger partial charge in [0, 0.05) is 36.0 Å². The molecule has 2 heterocycles. The highest BCUT2D eigenvalue weighted by molar-refractivity contribution is 7.99. The summed E-state index contributed by atoms with van der Waals surface area (Å²) in [5.74, 6) is 2.35. The SMILES string of the molecule is O=C(CSCc1ccc(Cl)s1)NCCCc1ncc[nH]1.